The van der Waals surface area contributed by atoms with Crippen LogP contribution in [-0.4, -0.2) is 27.3 Å². The fourth-order valence-electron chi connectivity index (χ4n) is 2.31. The van der Waals surface area contributed by atoms with E-state index in [1.54, 1.807) is 7.11 Å². The van der Waals surface area contributed by atoms with E-state index >= 15 is 0 Å². The van der Waals surface area contributed by atoms with Crippen molar-refractivity contribution in [2.75, 3.05) is 7.11 Å². The van der Waals surface area contributed by atoms with Crippen molar-refractivity contribution < 1.29 is 9.15 Å². The van der Waals surface area contributed by atoms with E-state index in [0.717, 1.165) is 32.0 Å². The van der Waals surface area contributed by atoms with Gasteiger partial charge in [0.1, 0.15) is 5.75 Å². The predicted octanol–water partition coefficient (Wildman–Crippen LogP) is 4.68. The molecule has 2 heterocycles. The molecule has 0 fully saturated rings. The molecule has 0 unspecified atom stereocenters. The molecule has 0 spiro atoms. The van der Waals surface area contributed by atoms with Crippen molar-refractivity contribution >= 4 is 38.7 Å². The number of aromatic amines is 1. The molecule has 0 aliphatic rings. The normalized spacial score (nSPS) is 11.1. The standard InChI is InChI=1S/C17H13BrN4O2S/c1-23-12-6-7-13-14(8-12)20-17(19-13)25-9-15-21-22-16(24-15)10-2-4-11(18)5-3-10/h2-8H,9H2,1H3,(H,19,20). The molecule has 0 saturated heterocycles. The van der Waals surface area contributed by atoms with Crippen LogP contribution in [0.5, 0.6) is 5.75 Å². The molecule has 0 radical (unpaired) electrons. The maximum atomic E-state index is 5.72. The average molecular weight is 417 g/mol. The van der Waals surface area contributed by atoms with Gasteiger partial charge in [0.05, 0.1) is 23.9 Å². The number of thioether (sulfide) groups is 1. The molecule has 0 saturated carbocycles. The highest BCUT2D eigenvalue weighted by molar-refractivity contribution is 9.10. The number of ether oxygens (including phenoxy) is 1. The summed E-state index contributed by atoms with van der Waals surface area (Å²) >= 11 is 4.92. The van der Waals surface area contributed by atoms with E-state index in [0.29, 0.717) is 17.5 Å². The summed E-state index contributed by atoms with van der Waals surface area (Å²) in [4.78, 5) is 7.80. The van der Waals surface area contributed by atoms with Gasteiger partial charge >= 0.3 is 0 Å². The Balaban J connectivity index is 1.47. The third kappa shape index (κ3) is 3.54. The van der Waals surface area contributed by atoms with Crippen LogP contribution in [0.4, 0.5) is 0 Å². The maximum Gasteiger partial charge on any atom is 0.247 e. The van der Waals surface area contributed by atoms with Gasteiger partial charge in [0.15, 0.2) is 5.16 Å². The summed E-state index contributed by atoms with van der Waals surface area (Å²) in [6.45, 7) is 0. The first-order chi connectivity index (χ1) is 12.2. The van der Waals surface area contributed by atoms with Gasteiger partial charge in [0.25, 0.3) is 0 Å². The third-order valence-electron chi connectivity index (χ3n) is 3.56. The molecule has 2 aromatic carbocycles. The smallest absolute Gasteiger partial charge is 0.247 e. The first-order valence-electron chi connectivity index (χ1n) is 7.46. The molecule has 2 aromatic heterocycles. The number of aromatic nitrogens is 4. The Morgan fingerprint density at radius 2 is 2.00 bits per heavy atom. The number of benzene rings is 2. The molecule has 4 aromatic rings. The van der Waals surface area contributed by atoms with Gasteiger partial charge < -0.3 is 14.1 Å². The van der Waals surface area contributed by atoms with E-state index in [2.05, 4.69) is 36.1 Å². The molecule has 0 atom stereocenters. The lowest BCUT2D eigenvalue weighted by molar-refractivity contribution is 0.415. The second kappa shape index (κ2) is 6.89. The van der Waals surface area contributed by atoms with E-state index in [1.807, 2.05) is 42.5 Å². The van der Waals surface area contributed by atoms with Gasteiger partial charge in [0.2, 0.25) is 11.8 Å². The molecule has 8 heteroatoms. The topological polar surface area (TPSA) is 76.8 Å². The number of hydrogen-bond acceptors (Lipinski definition) is 6. The highest BCUT2D eigenvalue weighted by Crippen LogP contribution is 2.26. The Kier molecular flexibility index (Phi) is 4.46. The van der Waals surface area contributed by atoms with Crippen LogP contribution in [0.3, 0.4) is 0 Å². The number of H-pyrrole nitrogens is 1. The Hall–Kier alpha value is -2.32. The second-order valence-corrected chi connectivity index (χ2v) is 7.10. The Labute approximate surface area is 156 Å². The van der Waals surface area contributed by atoms with Crippen molar-refractivity contribution in [2.24, 2.45) is 0 Å². The van der Waals surface area contributed by atoms with Crippen LogP contribution >= 0.6 is 27.7 Å². The van der Waals surface area contributed by atoms with E-state index in [4.69, 9.17) is 9.15 Å². The molecule has 4 rings (SSSR count). The molecule has 126 valence electrons. The SMILES string of the molecule is COc1ccc2nc(SCc3nnc(-c4ccc(Br)cc4)o3)[nH]c2c1. The Bertz CT molecular complexity index is 1010. The van der Waals surface area contributed by atoms with Gasteiger partial charge in [-0.1, -0.05) is 27.7 Å². The molecular formula is C17H13BrN4O2S. The van der Waals surface area contributed by atoms with Gasteiger partial charge in [-0.2, -0.15) is 0 Å². The van der Waals surface area contributed by atoms with Crippen molar-refractivity contribution in [3.05, 3.63) is 52.8 Å². The van der Waals surface area contributed by atoms with Crippen LogP contribution in [0.2, 0.25) is 0 Å². The quantitative estimate of drug-likeness (QED) is 0.476. The number of imidazole rings is 1. The highest BCUT2D eigenvalue weighted by Gasteiger charge is 2.11. The molecule has 0 aliphatic heterocycles. The molecule has 0 bridgehead atoms. The van der Waals surface area contributed by atoms with Crippen LogP contribution in [0.1, 0.15) is 5.89 Å². The number of fused-ring (bicyclic) bond motifs is 1. The van der Waals surface area contributed by atoms with E-state index < -0.39 is 0 Å². The first-order valence-corrected chi connectivity index (χ1v) is 9.24. The third-order valence-corrected chi connectivity index (χ3v) is 4.94. The fraction of sp³-hybridized carbons (Fsp3) is 0.118. The van der Waals surface area contributed by atoms with E-state index in [9.17, 15) is 0 Å². The molecule has 0 aliphatic carbocycles. The highest BCUT2D eigenvalue weighted by atomic mass is 79.9. The molecule has 6 nitrogen and oxygen atoms in total. The number of rotatable bonds is 5. The lowest BCUT2D eigenvalue weighted by Gasteiger charge is -1.96. The fourth-order valence-corrected chi connectivity index (χ4v) is 3.30. The van der Waals surface area contributed by atoms with Crippen LogP contribution in [0.15, 0.2) is 56.5 Å². The second-order valence-electron chi connectivity index (χ2n) is 5.22. The summed E-state index contributed by atoms with van der Waals surface area (Å²) in [5.41, 5.74) is 2.72. The molecular weight excluding hydrogens is 404 g/mol. The summed E-state index contributed by atoms with van der Waals surface area (Å²) in [6, 6.07) is 13.5. The van der Waals surface area contributed by atoms with Crippen molar-refractivity contribution in [3.63, 3.8) is 0 Å². The van der Waals surface area contributed by atoms with Crippen LogP contribution < -0.4 is 4.74 Å². The van der Waals surface area contributed by atoms with Gasteiger partial charge in [-0.3, -0.25) is 0 Å². The number of halogens is 1. The van der Waals surface area contributed by atoms with E-state index in [-0.39, 0.29) is 0 Å². The summed E-state index contributed by atoms with van der Waals surface area (Å²) in [5, 5.41) is 9.00. The van der Waals surface area contributed by atoms with Gasteiger partial charge in [-0.15, -0.1) is 10.2 Å². The van der Waals surface area contributed by atoms with E-state index in [1.165, 1.54) is 11.8 Å². The number of nitrogens with one attached hydrogen (secondary N) is 1. The van der Waals surface area contributed by atoms with Gasteiger partial charge in [-0.05, 0) is 36.4 Å². The summed E-state index contributed by atoms with van der Waals surface area (Å²) < 4.78 is 12.0. The first kappa shape index (κ1) is 16.2. The van der Waals surface area contributed by atoms with Crippen molar-refractivity contribution in [1.82, 2.24) is 20.2 Å². The minimum Gasteiger partial charge on any atom is -0.497 e. The molecule has 0 amide bonds. The van der Waals surface area contributed by atoms with Crippen molar-refractivity contribution in [3.8, 4) is 17.2 Å². The summed E-state index contributed by atoms with van der Waals surface area (Å²) in [5.74, 6) is 2.41. The molecule has 25 heavy (non-hydrogen) atoms. The lowest BCUT2D eigenvalue weighted by atomic mass is 10.2. The number of hydrogen-bond donors (Lipinski definition) is 1. The summed E-state index contributed by atoms with van der Waals surface area (Å²) in [6.07, 6.45) is 0. The van der Waals surface area contributed by atoms with Crippen LogP contribution in [-0.2, 0) is 5.75 Å². The largest absolute Gasteiger partial charge is 0.497 e. The number of nitrogens with zero attached hydrogens (tertiary/aromatic N) is 3. The Morgan fingerprint density at radius 1 is 1.16 bits per heavy atom. The minimum absolute atomic E-state index is 0.512. The summed E-state index contributed by atoms with van der Waals surface area (Å²) in [7, 11) is 1.64. The van der Waals surface area contributed by atoms with Gasteiger partial charge in [-0.25, -0.2) is 4.98 Å². The molecule has 1 N–H and O–H groups in total. The van der Waals surface area contributed by atoms with Crippen LogP contribution in [0, 0.1) is 0 Å². The van der Waals surface area contributed by atoms with Gasteiger partial charge in [0, 0.05) is 16.1 Å². The van der Waals surface area contributed by atoms with Crippen LogP contribution in [0.25, 0.3) is 22.5 Å². The maximum absolute atomic E-state index is 5.72. The lowest BCUT2D eigenvalue weighted by Crippen LogP contribution is -1.81. The monoisotopic (exact) mass is 416 g/mol. The zero-order valence-electron chi connectivity index (χ0n) is 13.2. The average Bonchev–Trinajstić information content (AvgIpc) is 3.26. The number of methoxy groups -OCH3 is 1. The van der Waals surface area contributed by atoms with Crippen molar-refractivity contribution in [1.29, 1.82) is 0 Å². The predicted molar refractivity (Wildman–Crippen MR) is 99.6 cm³/mol. The minimum atomic E-state index is 0.512. The zero-order valence-corrected chi connectivity index (χ0v) is 15.6. The Morgan fingerprint density at radius 3 is 2.80 bits per heavy atom. The van der Waals surface area contributed by atoms with Crippen molar-refractivity contribution in [2.45, 2.75) is 10.9 Å². The zero-order chi connectivity index (χ0) is 17.2.